The standard InChI is InChI=1S/C10H7.C9H18O4.C7H14O3.C2H4O.K/c1-2-6-10-8-4-3-7-9(10)5-1;10-4-6-11-7-8-13-9-3-1-2-5-12-9;8-4-6-10-7-3-1-2-5-9-7;1-2-3-1;/h1-3,5-8H;9-10H,1-8H2;7-8H,1-6H2;1-2H2;/q-1;;;;+1. The first-order valence-electron chi connectivity index (χ1n) is 13.0. The molecule has 0 bridgehead atoms. The molecule has 0 aromatic heterocycles. The van der Waals surface area contributed by atoms with Crippen molar-refractivity contribution in [3.05, 3.63) is 48.5 Å². The predicted molar refractivity (Wildman–Crippen MR) is 138 cm³/mol. The van der Waals surface area contributed by atoms with Gasteiger partial charge in [-0.2, -0.15) is 24.3 Å². The van der Waals surface area contributed by atoms with Crippen molar-refractivity contribution < 1.29 is 90.0 Å². The van der Waals surface area contributed by atoms with Gasteiger partial charge in [-0.1, -0.05) is 18.2 Å². The average Bonchev–Trinajstić information content (AvgIpc) is 3.84. The third-order valence-corrected chi connectivity index (χ3v) is 5.24. The summed E-state index contributed by atoms with van der Waals surface area (Å²) in [7, 11) is 0. The smallest absolute Gasteiger partial charge is 0.394 e. The Kier molecular flexibility index (Phi) is 23.7. The molecule has 2 aromatic carbocycles. The Morgan fingerprint density at radius 2 is 1.32 bits per heavy atom. The second-order valence-electron chi connectivity index (χ2n) is 8.28. The van der Waals surface area contributed by atoms with Gasteiger partial charge in [-0.05, 0) is 38.5 Å². The van der Waals surface area contributed by atoms with E-state index in [1.165, 1.54) is 23.6 Å². The first kappa shape index (κ1) is 35.0. The SMILES string of the molecule is C1CO1.OCCOC1CCCCO1.OCCOCCOC1CCCCO1.[K+].[c-]1ccc2ccccc2c1. The van der Waals surface area contributed by atoms with E-state index in [2.05, 4.69) is 29.0 Å². The molecule has 5 rings (SSSR count). The number of benzene rings is 2. The zero-order valence-electron chi connectivity index (χ0n) is 22.4. The minimum atomic E-state index is -0.0547. The van der Waals surface area contributed by atoms with Gasteiger partial charge in [0.1, 0.15) is 0 Å². The van der Waals surface area contributed by atoms with Crippen molar-refractivity contribution in [1.82, 2.24) is 0 Å². The summed E-state index contributed by atoms with van der Waals surface area (Å²) in [6, 6.07) is 17.3. The van der Waals surface area contributed by atoms with Crippen LogP contribution in [0.25, 0.3) is 10.8 Å². The minimum absolute atomic E-state index is 0. The monoisotopic (exact) mass is 546 g/mol. The van der Waals surface area contributed by atoms with Gasteiger partial charge in [0.25, 0.3) is 0 Å². The van der Waals surface area contributed by atoms with Crippen molar-refractivity contribution in [1.29, 1.82) is 0 Å². The van der Waals surface area contributed by atoms with Crippen molar-refractivity contribution in [2.45, 2.75) is 51.1 Å². The van der Waals surface area contributed by atoms with Gasteiger partial charge in [0, 0.05) is 13.2 Å². The van der Waals surface area contributed by atoms with Crippen LogP contribution in [0.5, 0.6) is 0 Å². The van der Waals surface area contributed by atoms with E-state index in [9.17, 15) is 0 Å². The van der Waals surface area contributed by atoms with E-state index in [0.717, 1.165) is 52.1 Å². The molecule has 3 aliphatic heterocycles. The quantitative estimate of drug-likeness (QED) is 0.206. The Balaban J connectivity index is 0.000000260. The maximum atomic E-state index is 8.42. The van der Waals surface area contributed by atoms with Crippen LogP contribution >= 0.6 is 0 Å². The van der Waals surface area contributed by atoms with Gasteiger partial charge in [-0.15, -0.1) is 16.8 Å². The molecule has 2 aromatic rings. The molecule has 0 amide bonds. The second-order valence-corrected chi connectivity index (χ2v) is 8.28. The number of rotatable bonds is 9. The van der Waals surface area contributed by atoms with E-state index in [-0.39, 0.29) is 77.2 Å². The molecule has 0 spiro atoms. The van der Waals surface area contributed by atoms with Crippen LogP contribution in [0.1, 0.15) is 38.5 Å². The number of fused-ring (bicyclic) bond motifs is 1. The summed E-state index contributed by atoms with van der Waals surface area (Å²) in [4.78, 5) is 0. The first-order chi connectivity index (χ1) is 17.8. The summed E-state index contributed by atoms with van der Waals surface area (Å²) in [6.45, 7) is 5.61. The maximum Gasteiger partial charge on any atom is 1.00 e. The van der Waals surface area contributed by atoms with Gasteiger partial charge in [0.15, 0.2) is 12.6 Å². The van der Waals surface area contributed by atoms with Crippen molar-refractivity contribution in [3.63, 3.8) is 0 Å². The number of epoxide rings is 1. The van der Waals surface area contributed by atoms with E-state index >= 15 is 0 Å². The van der Waals surface area contributed by atoms with Gasteiger partial charge >= 0.3 is 51.4 Å². The Bertz CT molecular complexity index is 684. The van der Waals surface area contributed by atoms with Crippen LogP contribution in [-0.2, 0) is 28.4 Å². The van der Waals surface area contributed by atoms with Crippen LogP contribution in [0, 0.1) is 6.07 Å². The van der Waals surface area contributed by atoms with Crippen LogP contribution in [-0.4, -0.2) is 88.9 Å². The number of ether oxygens (including phenoxy) is 6. The zero-order valence-corrected chi connectivity index (χ0v) is 25.5. The number of aliphatic hydroxyl groups excluding tert-OH is 2. The van der Waals surface area contributed by atoms with Crippen molar-refractivity contribution in [2.75, 3.05) is 66.1 Å². The average molecular weight is 547 g/mol. The van der Waals surface area contributed by atoms with E-state index in [1.807, 2.05) is 24.3 Å². The molecule has 8 nitrogen and oxygen atoms in total. The Labute approximate surface area is 264 Å². The maximum absolute atomic E-state index is 8.42. The minimum Gasteiger partial charge on any atom is -0.394 e. The van der Waals surface area contributed by atoms with Crippen molar-refractivity contribution in [2.24, 2.45) is 0 Å². The summed E-state index contributed by atoms with van der Waals surface area (Å²) in [5.74, 6) is 0. The molecular formula is C28H43KO8. The number of hydrogen-bond donors (Lipinski definition) is 2. The van der Waals surface area contributed by atoms with Gasteiger partial charge in [-0.25, -0.2) is 0 Å². The summed E-state index contributed by atoms with van der Waals surface area (Å²) in [5, 5.41) is 19.4. The van der Waals surface area contributed by atoms with Crippen LogP contribution in [0.3, 0.4) is 0 Å². The molecule has 3 heterocycles. The molecule has 3 saturated heterocycles. The molecule has 2 N–H and O–H groups in total. The molecule has 0 saturated carbocycles. The molecular weight excluding hydrogens is 503 g/mol. The molecule has 2 atom stereocenters. The van der Waals surface area contributed by atoms with Crippen molar-refractivity contribution >= 4 is 10.8 Å². The number of aliphatic hydroxyl groups is 2. The fourth-order valence-electron chi connectivity index (χ4n) is 3.34. The molecule has 0 aliphatic carbocycles. The van der Waals surface area contributed by atoms with Gasteiger partial charge in [-0.3, -0.25) is 0 Å². The summed E-state index contributed by atoms with van der Waals surface area (Å²) in [5.41, 5.74) is 0. The Morgan fingerprint density at radius 1 is 0.730 bits per heavy atom. The molecule has 3 aliphatic rings. The topological polar surface area (TPSA) is 99.1 Å². The second kappa shape index (κ2) is 25.0. The van der Waals surface area contributed by atoms with Gasteiger partial charge in [0.2, 0.25) is 0 Å². The van der Waals surface area contributed by atoms with E-state index in [4.69, 9.17) is 33.9 Å². The van der Waals surface area contributed by atoms with E-state index in [0.29, 0.717) is 26.4 Å². The first-order valence-corrected chi connectivity index (χ1v) is 13.0. The van der Waals surface area contributed by atoms with Crippen LogP contribution in [0.4, 0.5) is 0 Å². The van der Waals surface area contributed by atoms with Crippen molar-refractivity contribution in [3.8, 4) is 0 Å². The normalized spacial score (nSPS) is 20.1. The fraction of sp³-hybridized carbons (Fsp3) is 0.643. The third kappa shape index (κ3) is 19.7. The zero-order chi connectivity index (χ0) is 25.5. The fourth-order valence-corrected chi connectivity index (χ4v) is 3.34. The van der Waals surface area contributed by atoms with E-state index < -0.39 is 0 Å². The summed E-state index contributed by atoms with van der Waals surface area (Å²) in [6.07, 6.45) is 6.50. The Hall–Kier alpha value is 0.0164. The molecule has 2 unspecified atom stereocenters. The van der Waals surface area contributed by atoms with E-state index in [1.54, 1.807) is 0 Å². The summed E-state index contributed by atoms with van der Waals surface area (Å²) >= 11 is 0. The Morgan fingerprint density at radius 3 is 1.84 bits per heavy atom. The van der Waals surface area contributed by atoms with Gasteiger partial charge < -0.3 is 38.6 Å². The van der Waals surface area contributed by atoms with Crippen LogP contribution < -0.4 is 51.4 Å². The molecule has 0 radical (unpaired) electrons. The van der Waals surface area contributed by atoms with Crippen LogP contribution in [0.15, 0.2) is 42.5 Å². The third-order valence-electron chi connectivity index (χ3n) is 5.24. The summed E-state index contributed by atoms with van der Waals surface area (Å²) < 4.78 is 30.7. The number of hydrogen-bond acceptors (Lipinski definition) is 8. The molecule has 3 fully saturated rings. The molecule has 37 heavy (non-hydrogen) atoms. The van der Waals surface area contributed by atoms with Crippen LogP contribution in [0.2, 0.25) is 0 Å². The molecule has 204 valence electrons. The van der Waals surface area contributed by atoms with Gasteiger partial charge in [0.05, 0.1) is 52.9 Å². The predicted octanol–water partition coefficient (Wildman–Crippen LogP) is 0.721. The molecule has 9 heteroatoms. The largest absolute Gasteiger partial charge is 1.00 e.